The number of oxazole rings is 1. The fourth-order valence-electron chi connectivity index (χ4n) is 1.56. The van der Waals surface area contributed by atoms with Crippen molar-refractivity contribution in [2.45, 2.75) is 33.2 Å². The maximum Gasteiger partial charge on any atom is 0.180 e. The number of nitrogens with one attached hydrogen (secondary N) is 1. The highest BCUT2D eigenvalue weighted by Crippen LogP contribution is 2.24. The van der Waals surface area contributed by atoms with Gasteiger partial charge in [-0.3, -0.25) is 0 Å². The van der Waals surface area contributed by atoms with Gasteiger partial charge in [0.05, 0.1) is 12.7 Å². The van der Waals surface area contributed by atoms with Crippen molar-refractivity contribution in [3.05, 3.63) is 18.4 Å². The Labute approximate surface area is 90.7 Å². The van der Waals surface area contributed by atoms with Gasteiger partial charge in [0.25, 0.3) is 0 Å². The molecule has 15 heavy (non-hydrogen) atoms. The summed E-state index contributed by atoms with van der Waals surface area (Å²) in [6.07, 6.45) is 5.08. The molecule has 0 aliphatic rings. The van der Waals surface area contributed by atoms with Gasteiger partial charge in [-0.1, -0.05) is 13.8 Å². The van der Waals surface area contributed by atoms with Crippen LogP contribution in [-0.4, -0.2) is 23.2 Å². The second kappa shape index (κ2) is 5.88. The molecule has 0 amide bonds. The molecule has 4 heteroatoms. The normalized spacial score (nSPS) is 11.9. The van der Waals surface area contributed by atoms with E-state index in [9.17, 15) is 5.11 Å². The summed E-state index contributed by atoms with van der Waals surface area (Å²) in [5, 5.41) is 12.6. The van der Waals surface area contributed by atoms with Crippen LogP contribution in [0.3, 0.4) is 0 Å². The lowest BCUT2D eigenvalue weighted by Gasteiger charge is -2.29. The van der Waals surface area contributed by atoms with E-state index in [1.54, 1.807) is 6.20 Å². The van der Waals surface area contributed by atoms with E-state index in [-0.39, 0.29) is 12.0 Å². The number of aliphatic hydroxyl groups is 1. The van der Waals surface area contributed by atoms with Crippen LogP contribution in [0.2, 0.25) is 0 Å². The van der Waals surface area contributed by atoms with Crippen molar-refractivity contribution in [3.8, 4) is 0 Å². The van der Waals surface area contributed by atoms with Crippen molar-refractivity contribution in [3.63, 3.8) is 0 Å². The Morgan fingerprint density at radius 2 is 2.20 bits per heavy atom. The quantitative estimate of drug-likeness (QED) is 0.720. The molecule has 1 aromatic rings. The molecule has 1 rings (SSSR count). The molecule has 0 bridgehead atoms. The molecular formula is C11H20N2O2. The minimum atomic E-state index is 0.0000213. The number of hydrogen-bond donors (Lipinski definition) is 2. The second-order valence-corrected chi connectivity index (χ2v) is 3.94. The zero-order chi connectivity index (χ0) is 11.1. The molecule has 1 heterocycles. The first kappa shape index (κ1) is 12.2. The SMILES string of the molecule is CCC(CC)(CO)CNCc1cnco1. The van der Waals surface area contributed by atoms with Crippen LogP contribution in [0.1, 0.15) is 32.4 Å². The van der Waals surface area contributed by atoms with Gasteiger partial charge >= 0.3 is 0 Å². The smallest absolute Gasteiger partial charge is 0.180 e. The van der Waals surface area contributed by atoms with E-state index in [0.29, 0.717) is 6.54 Å². The Balaban J connectivity index is 2.34. The molecule has 0 spiro atoms. The third-order valence-corrected chi connectivity index (χ3v) is 3.12. The van der Waals surface area contributed by atoms with Crippen LogP contribution in [0.25, 0.3) is 0 Å². The fraction of sp³-hybridized carbons (Fsp3) is 0.727. The first-order valence-electron chi connectivity index (χ1n) is 5.45. The van der Waals surface area contributed by atoms with E-state index in [1.165, 1.54) is 6.39 Å². The number of aliphatic hydroxyl groups excluding tert-OH is 1. The molecule has 0 aliphatic heterocycles. The standard InChI is InChI=1S/C11H20N2O2/c1-3-11(4-2,8-14)7-12-5-10-6-13-9-15-10/h6,9,12,14H,3-5,7-8H2,1-2H3. The lowest BCUT2D eigenvalue weighted by Crippen LogP contribution is -2.36. The van der Waals surface area contributed by atoms with Crippen LogP contribution in [0.15, 0.2) is 17.0 Å². The molecule has 0 saturated carbocycles. The average molecular weight is 212 g/mol. The first-order chi connectivity index (χ1) is 7.26. The van der Waals surface area contributed by atoms with Crippen molar-refractivity contribution in [2.75, 3.05) is 13.2 Å². The summed E-state index contributed by atoms with van der Waals surface area (Å²) in [6.45, 7) is 5.91. The Morgan fingerprint density at radius 1 is 1.47 bits per heavy atom. The van der Waals surface area contributed by atoms with Gasteiger partial charge in [0.15, 0.2) is 6.39 Å². The van der Waals surface area contributed by atoms with E-state index in [0.717, 1.165) is 25.1 Å². The van der Waals surface area contributed by atoms with Crippen LogP contribution in [0.5, 0.6) is 0 Å². The van der Waals surface area contributed by atoms with Gasteiger partial charge in [0.1, 0.15) is 5.76 Å². The lowest BCUT2D eigenvalue weighted by molar-refractivity contribution is 0.112. The molecule has 0 unspecified atom stereocenters. The summed E-state index contributed by atoms with van der Waals surface area (Å²) in [7, 11) is 0. The van der Waals surface area contributed by atoms with E-state index >= 15 is 0 Å². The summed E-state index contributed by atoms with van der Waals surface area (Å²) in [5.41, 5.74) is 0.0000213. The van der Waals surface area contributed by atoms with Crippen molar-refractivity contribution in [2.24, 2.45) is 5.41 Å². The van der Waals surface area contributed by atoms with Crippen molar-refractivity contribution in [1.29, 1.82) is 0 Å². The van der Waals surface area contributed by atoms with Gasteiger partial charge in [0.2, 0.25) is 0 Å². The van der Waals surface area contributed by atoms with E-state index in [2.05, 4.69) is 24.1 Å². The Morgan fingerprint density at radius 3 is 2.67 bits per heavy atom. The first-order valence-corrected chi connectivity index (χ1v) is 5.45. The topological polar surface area (TPSA) is 58.3 Å². The molecule has 86 valence electrons. The summed E-state index contributed by atoms with van der Waals surface area (Å²) in [5.74, 6) is 0.828. The third-order valence-electron chi connectivity index (χ3n) is 3.12. The molecule has 0 aromatic carbocycles. The van der Waals surface area contributed by atoms with Crippen LogP contribution < -0.4 is 5.32 Å². The lowest BCUT2D eigenvalue weighted by atomic mass is 9.83. The predicted octanol–water partition coefficient (Wildman–Crippen LogP) is 1.56. The molecule has 0 radical (unpaired) electrons. The molecule has 0 aliphatic carbocycles. The van der Waals surface area contributed by atoms with Crippen LogP contribution in [-0.2, 0) is 6.54 Å². The molecule has 0 fully saturated rings. The summed E-state index contributed by atoms with van der Waals surface area (Å²) >= 11 is 0. The Bertz CT molecular complexity index is 247. The zero-order valence-electron chi connectivity index (χ0n) is 9.49. The largest absolute Gasteiger partial charge is 0.447 e. The maximum atomic E-state index is 9.36. The average Bonchev–Trinajstić information content (AvgIpc) is 2.78. The fourth-order valence-corrected chi connectivity index (χ4v) is 1.56. The van der Waals surface area contributed by atoms with Crippen LogP contribution in [0.4, 0.5) is 0 Å². The van der Waals surface area contributed by atoms with Crippen LogP contribution >= 0.6 is 0 Å². The summed E-state index contributed by atoms with van der Waals surface area (Å²) < 4.78 is 5.11. The van der Waals surface area contributed by atoms with Gasteiger partial charge < -0.3 is 14.8 Å². The van der Waals surface area contributed by atoms with Gasteiger partial charge in [0, 0.05) is 18.6 Å². The molecule has 2 N–H and O–H groups in total. The summed E-state index contributed by atoms with van der Waals surface area (Å²) in [4.78, 5) is 3.84. The number of aromatic nitrogens is 1. The van der Waals surface area contributed by atoms with Crippen LogP contribution in [0, 0.1) is 5.41 Å². The van der Waals surface area contributed by atoms with E-state index < -0.39 is 0 Å². The Hall–Kier alpha value is -0.870. The zero-order valence-corrected chi connectivity index (χ0v) is 9.49. The molecule has 0 atom stereocenters. The molecular weight excluding hydrogens is 192 g/mol. The van der Waals surface area contributed by atoms with Gasteiger partial charge in [-0.25, -0.2) is 4.98 Å². The highest BCUT2D eigenvalue weighted by atomic mass is 16.3. The third kappa shape index (κ3) is 3.32. The minimum absolute atomic E-state index is 0.0000213. The van der Waals surface area contributed by atoms with Gasteiger partial charge in [-0.2, -0.15) is 0 Å². The van der Waals surface area contributed by atoms with Gasteiger partial charge in [-0.15, -0.1) is 0 Å². The van der Waals surface area contributed by atoms with Crippen molar-refractivity contribution in [1.82, 2.24) is 10.3 Å². The monoisotopic (exact) mass is 212 g/mol. The highest BCUT2D eigenvalue weighted by Gasteiger charge is 2.24. The minimum Gasteiger partial charge on any atom is -0.447 e. The molecule has 0 saturated heterocycles. The van der Waals surface area contributed by atoms with E-state index in [1.807, 2.05) is 0 Å². The summed E-state index contributed by atoms with van der Waals surface area (Å²) in [6, 6.07) is 0. The van der Waals surface area contributed by atoms with E-state index in [4.69, 9.17) is 4.42 Å². The highest BCUT2D eigenvalue weighted by molar-refractivity contribution is 4.88. The number of nitrogens with zero attached hydrogens (tertiary/aromatic N) is 1. The number of rotatable bonds is 7. The predicted molar refractivity (Wildman–Crippen MR) is 58.3 cm³/mol. The molecule has 1 aromatic heterocycles. The van der Waals surface area contributed by atoms with Crippen molar-refractivity contribution >= 4 is 0 Å². The maximum absolute atomic E-state index is 9.36. The number of hydrogen-bond acceptors (Lipinski definition) is 4. The Kier molecular flexibility index (Phi) is 4.78. The molecule has 4 nitrogen and oxygen atoms in total. The van der Waals surface area contributed by atoms with Crippen molar-refractivity contribution < 1.29 is 9.52 Å². The second-order valence-electron chi connectivity index (χ2n) is 3.94. The van der Waals surface area contributed by atoms with Gasteiger partial charge in [-0.05, 0) is 12.8 Å².